The SMILES string of the molecule is COC(=O)[C@@H](c1ccccc1)N1CCN(c2ccc(OC)cc2)CC1. The third-order valence-corrected chi connectivity index (χ3v) is 4.66. The summed E-state index contributed by atoms with van der Waals surface area (Å²) >= 11 is 0. The molecule has 1 saturated heterocycles. The van der Waals surface area contributed by atoms with E-state index in [9.17, 15) is 4.79 Å². The van der Waals surface area contributed by atoms with Gasteiger partial charge in [-0.2, -0.15) is 0 Å². The number of carbonyl (C=O) groups excluding carboxylic acids is 1. The molecule has 0 saturated carbocycles. The van der Waals surface area contributed by atoms with Crippen LogP contribution in [0, 0.1) is 0 Å². The third kappa shape index (κ3) is 3.94. The maximum atomic E-state index is 12.3. The van der Waals surface area contributed by atoms with E-state index in [1.165, 1.54) is 12.8 Å². The van der Waals surface area contributed by atoms with E-state index in [1.807, 2.05) is 42.5 Å². The molecule has 1 heterocycles. The number of piperazine rings is 1. The van der Waals surface area contributed by atoms with Crippen LogP contribution in [-0.2, 0) is 9.53 Å². The summed E-state index contributed by atoms with van der Waals surface area (Å²) in [5, 5.41) is 0. The zero-order chi connectivity index (χ0) is 17.6. The molecule has 3 rings (SSSR count). The van der Waals surface area contributed by atoms with E-state index in [-0.39, 0.29) is 12.0 Å². The number of rotatable bonds is 5. The van der Waals surface area contributed by atoms with Gasteiger partial charge in [0.1, 0.15) is 11.8 Å². The predicted octanol–water partition coefficient (Wildman–Crippen LogP) is 2.73. The summed E-state index contributed by atoms with van der Waals surface area (Å²) in [6.07, 6.45) is 0. The lowest BCUT2D eigenvalue weighted by molar-refractivity contribution is -0.147. The van der Waals surface area contributed by atoms with E-state index < -0.39 is 0 Å². The van der Waals surface area contributed by atoms with Crippen molar-refractivity contribution in [2.45, 2.75) is 6.04 Å². The van der Waals surface area contributed by atoms with Crippen molar-refractivity contribution in [2.24, 2.45) is 0 Å². The van der Waals surface area contributed by atoms with Gasteiger partial charge in [0.05, 0.1) is 14.2 Å². The average Bonchev–Trinajstić information content (AvgIpc) is 2.69. The lowest BCUT2D eigenvalue weighted by atomic mass is 10.0. The Kier molecular flexibility index (Phi) is 5.56. The van der Waals surface area contributed by atoms with Gasteiger partial charge in [-0.1, -0.05) is 30.3 Å². The molecule has 0 radical (unpaired) electrons. The van der Waals surface area contributed by atoms with Crippen molar-refractivity contribution in [1.82, 2.24) is 4.90 Å². The summed E-state index contributed by atoms with van der Waals surface area (Å²) in [7, 11) is 3.12. The molecule has 1 atom stereocenters. The van der Waals surface area contributed by atoms with Crippen molar-refractivity contribution in [1.29, 1.82) is 0 Å². The highest BCUT2D eigenvalue weighted by Gasteiger charge is 2.31. The van der Waals surface area contributed by atoms with Gasteiger partial charge in [-0.25, -0.2) is 4.79 Å². The monoisotopic (exact) mass is 340 g/mol. The fourth-order valence-corrected chi connectivity index (χ4v) is 3.27. The molecule has 0 amide bonds. The van der Waals surface area contributed by atoms with Crippen LogP contribution in [0.2, 0.25) is 0 Å². The van der Waals surface area contributed by atoms with E-state index in [0.29, 0.717) is 0 Å². The Labute approximate surface area is 148 Å². The first-order chi connectivity index (χ1) is 12.2. The first kappa shape index (κ1) is 17.3. The van der Waals surface area contributed by atoms with E-state index in [2.05, 4.69) is 21.9 Å². The summed E-state index contributed by atoms with van der Waals surface area (Å²) in [6.45, 7) is 3.35. The summed E-state index contributed by atoms with van der Waals surface area (Å²) in [5.41, 5.74) is 2.15. The minimum atomic E-state index is -0.343. The summed E-state index contributed by atoms with van der Waals surface area (Å²) in [5.74, 6) is 0.654. The number of esters is 1. The minimum absolute atomic E-state index is 0.205. The molecule has 5 heteroatoms. The summed E-state index contributed by atoms with van der Waals surface area (Å²) in [4.78, 5) is 16.9. The van der Waals surface area contributed by atoms with Crippen molar-refractivity contribution in [3.63, 3.8) is 0 Å². The quantitative estimate of drug-likeness (QED) is 0.783. The third-order valence-electron chi connectivity index (χ3n) is 4.66. The maximum Gasteiger partial charge on any atom is 0.327 e. The van der Waals surface area contributed by atoms with Crippen molar-refractivity contribution < 1.29 is 14.3 Å². The Morgan fingerprint density at radius 2 is 1.56 bits per heavy atom. The molecule has 1 aliphatic rings. The second-order valence-electron chi connectivity index (χ2n) is 6.06. The number of anilines is 1. The topological polar surface area (TPSA) is 42.0 Å². The summed E-state index contributed by atoms with van der Waals surface area (Å²) < 4.78 is 10.3. The molecular formula is C20H24N2O3. The molecule has 1 aliphatic heterocycles. The van der Waals surface area contributed by atoms with Crippen LogP contribution in [-0.4, -0.2) is 51.3 Å². The van der Waals surface area contributed by atoms with Gasteiger partial charge < -0.3 is 14.4 Å². The molecule has 0 bridgehead atoms. The number of methoxy groups -OCH3 is 2. The van der Waals surface area contributed by atoms with Crippen LogP contribution < -0.4 is 9.64 Å². The summed E-state index contributed by atoms with van der Waals surface area (Å²) in [6, 6.07) is 17.6. The highest BCUT2D eigenvalue weighted by atomic mass is 16.5. The molecule has 2 aromatic rings. The molecule has 1 fully saturated rings. The number of benzene rings is 2. The van der Waals surface area contributed by atoms with Gasteiger partial charge in [0.2, 0.25) is 0 Å². The highest BCUT2D eigenvalue weighted by molar-refractivity contribution is 5.77. The Bertz CT molecular complexity index is 680. The number of hydrogen-bond acceptors (Lipinski definition) is 5. The van der Waals surface area contributed by atoms with Crippen LogP contribution in [0.5, 0.6) is 5.75 Å². The Hall–Kier alpha value is -2.53. The van der Waals surface area contributed by atoms with Gasteiger partial charge in [-0.15, -0.1) is 0 Å². The lowest BCUT2D eigenvalue weighted by Gasteiger charge is -2.39. The number of ether oxygens (including phenoxy) is 2. The van der Waals surface area contributed by atoms with Crippen LogP contribution in [0.15, 0.2) is 54.6 Å². The Morgan fingerprint density at radius 1 is 0.920 bits per heavy atom. The van der Waals surface area contributed by atoms with E-state index in [1.54, 1.807) is 7.11 Å². The Balaban J connectivity index is 1.69. The van der Waals surface area contributed by atoms with Gasteiger partial charge in [0, 0.05) is 31.9 Å². The number of nitrogens with zero attached hydrogens (tertiary/aromatic N) is 2. The van der Waals surface area contributed by atoms with Crippen LogP contribution in [0.1, 0.15) is 11.6 Å². The molecule has 0 aliphatic carbocycles. The molecule has 25 heavy (non-hydrogen) atoms. The van der Waals surface area contributed by atoms with Crippen LogP contribution in [0.4, 0.5) is 5.69 Å². The normalized spacial score (nSPS) is 16.3. The molecule has 0 unspecified atom stereocenters. The van der Waals surface area contributed by atoms with Crippen LogP contribution in [0.3, 0.4) is 0 Å². The molecule has 5 nitrogen and oxygen atoms in total. The zero-order valence-electron chi connectivity index (χ0n) is 14.7. The van der Waals surface area contributed by atoms with Crippen LogP contribution >= 0.6 is 0 Å². The smallest absolute Gasteiger partial charge is 0.327 e. The number of carbonyl (C=O) groups is 1. The van der Waals surface area contributed by atoms with Crippen molar-refractivity contribution in [3.05, 3.63) is 60.2 Å². The highest BCUT2D eigenvalue weighted by Crippen LogP contribution is 2.26. The average molecular weight is 340 g/mol. The largest absolute Gasteiger partial charge is 0.497 e. The van der Waals surface area contributed by atoms with Gasteiger partial charge >= 0.3 is 5.97 Å². The zero-order valence-corrected chi connectivity index (χ0v) is 14.7. The van der Waals surface area contributed by atoms with Crippen molar-refractivity contribution in [2.75, 3.05) is 45.3 Å². The first-order valence-electron chi connectivity index (χ1n) is 8.48. The second-order valence-corrected chi connectivity index (χ2v) is 6.06. The fraction of sp³-hybridized carbons (Fsp3) is 0.350. The molecule has 0 N–H and O–H groups in total. The molecule has 2 aromatic carbocycles. The Morgan fingerprint density at radius 3 is 2.12 bits per heavy atom. The molecule has 0 aromatic heterocycles. The van der Waals surface area contributed by atoms with Gasteiger partial charge in [-0.3, -0.25) is 4.90 Å². The van der Waals surface area contributed by atoms with Gasteiger partial charge in [0.15, 0.2) is 0 Å². The first-order valence-corrected chi connectivity index (χ1v) is 8.48. The predicted molar refractivity (Wildman–Crippen MR) is 98.0 cm³/mol. The standard InChI is InChI=1S/C20H24N2O3/c1-24-18-10-8-17(9-11-18)21-12-14-22(15-13-21)19(20(23)25-2)16-6-4-3-5-7-16/h3-11,19H,12-15H2,1-2H3/t19-/m1/s1. The van der Waals surface area contributed by atoms with Crippen LogP contribution in [0.25, 0.3) is 0 Å². The molecule has 0 spiro atoms. The van der Waals surface area contributed by atoms with Crippen molar-refractivity contribution in [3.8, 4) is 5.75 Å². The lowest BCUT2D eigenvalue weighted by Crippen LogP contribution is -2.49. The molecular weight excluding hydrogens is 316 g/mol. The van der Waals surface area contributed by atoms with Crippen molar-refractivity contribution >= 4 is 11.7 Å². The van der Waals surface area contributed by atoms with Gasteiger partial charge in [-0.05, 0) is 29.8 Å². The van der Waals surface area contributed by atoms with E-state index in [4.69, 9.17) is 9.47 Å². The minimum Gasteiger partial charge on any atom is -0.497 e. The van der Waals surface area contributed by atoms with Gasteiger partial charge in [0.25, 0.3) is 0 Å². The second kappa shape index (κ2) is 8.03. The van der Waals surface area contributed by atoms with E-state index in [0.717, 1.165) is 37.5 Å². The van der Waals surface area contributed by atoms with E-state index >= 15 is 0 Å². The maximum absolute atomic E-state index is 12.3. The number of hydrogen-bond donors (Lipinski definition) is 0. The fourth-order valence-electron chi connectivity index (χ4n) is 3.27. The molecule has 132 valence electrons.